The number of ether oxygens (including phenoxy) is 1. The van der Waals surface area contributed by atoms with Crippen LogP contribution in [0.5, 0.6) is 0 Å². The molecule has 0 N–H and O–H groups in total. The molecule has 0 aliphatic carbocycles. The van der Waals surface area contributed by atoms with Crippen LogP contribution in [-0.2, 0) is 9.53 Å². The molecule has 1 fully saturated rings. The fourth-order valence-electron chi connectivity index (χ4n) is 2.24. The SMILES string of the molecule is CCCCCCC(=O)N1CC(C)OC(C)C1. The summed E-state index contributed by atoms with van der Waals surface area (Å²) in [6, 6.07) is 0. The molecule has 0 aromatic heterocycles. The molecule has 0 spiro atoms. The van der Waals surface area contributed by atoms with E-state index >= 15 is 0 Å². The highest BCUT2D eigenvalue weighted by atomic mass is 16.5. The molecule has 1 aliphatic heterocycles. The van der Waals surface area contributed by atoms with Gasteiger partial charge in [0.2, 0.25) is 5.91 Å². The van der Waals surface area contributed by atoms with E-state index in [2.05, 4.69) is 6.92 Å². The number of hydrogen-bond donors (Lipinski definition) is 0. The minimum Gasteiger partial charge on any atom is -0.372 e. The number of rotatable bonds is 5. The molecular weight excluding hydrogens is 202 g/mol. The largest absolute Gasteiger partial charge is 0.372 e. The molecule has 3 heteroatoms. The van der Waals surface area contributed by atoms with Crippen LogP contribution < -0.4 is 0 Å². The van der Waals surface area contributed by atoms with Gasteiger partial charge in [-0.15, -0.1) is 0 Å². The minimum absolute atomic E-state index is 0.184. The number of unbranched alkanes of at least 4 members (excludes halogenated alkanes) is 3. The lowest BCUT2D eigenvalue weighted by molar-refractivity contribution is -0.143. The highest BCUT2D eigenvalue weighted by Gasteiger charge is 2.25. The average Bonchev–Trinajstić information content (AvgIpc) is 2.22. The Hall–Kier alpha value is -0.570. The topological polar surface area (TPSA) is 29.5 Å². The summed E-state index contributed by atoms with van der Waals surface area (Å²) in [5.41, 5.74) is 0. The second-order valence-electron chi connectivity index (χ2n) is 4.87. The summed E-state index contributed by atoms with van der Waals surface area (Å²) in [6.07, 6.45) is 5.75. The third-order valence-electron chi connectivity index (χ3n) is 3.02. The van der Waals surface area contributed by atoms with Crippen molar-refractivity contribution in [2.75, 3.05) is 13.1 Å². The van der Waals surface area contributed by atoms with E-state index in [0.29, 0.717) is 12.3 Å². The molecule has 2 atom stereocenters. The molecule has 1 saturated heterocycles. The molecule has 0 aromatic rings. The van der Waals surface area contributed by atoms with Crippen LogP contribution in [-0.4, -0.2) is 36.1 Å². The molecule has 1 rings (SSSR count). The summed E-state index contributed by atoms with van der Waals surface area (Å²) in [7, 11) is 0. The normalized spacial score (nSPS) is 25.8. The predicted octanol–water partition coefficient (Wildman–Crippen LogP) is 2.59. The number of carbonyl (C=O) groups is 1. The summed E-state index contributed by atoms with van der Waals surface area (Å²) in [5, 5.41) is 0. The van der Waals surface area contributed by atoms with Crippen molar-refractivity contribution in [3.63, 3.8) is 0 Å². The van der Waals surface area contributed by atoms with Gasteiger partial charge < -0.3 is 9.64 Å². The van der Waals surface area contributed by atoms with Crippen LogP contribution in [0.1, 0.15) is 52.9 Å². The Bertz CT molecular complexity index is 208. The van der Waals surface area contributed by atoms with Crippen molar-refractivity contribution in [1.29, 1.82) is 0 Å². The maximum absolute atomic E-state index is 11.9. The van der Waals surface area contributed by atoms with Crippen molar-refractivity contribution >= 4 is 5.91 Å². The van der Waals surface area contributed by atoms with Crippen molar-refractivity contribution in [2.45, 2.75) is 65.1 Å². The second kappa shape index (κ2) is 6.89. The van der Waals surface area contributed by atoms with Crippen LogP contribution >= 0.6 is 0 Å². The standard InChI is InChI=1S/C13H25NO2/c1-4-5-6-7-8-13(15)14-9-11(2)16-12(3)10-14/h11-12H,4-10H2,1-3H3. The van der Waals surface area contributed by atoms with Gasteiger partial charge in [-0.1, -0.05) is 26.2 Å². The summed E-state index contributed by atoms with van der Waals surface area (Å²) < 4.78 is 5.62. The van der Waals surface area contributed by atoms with E-state index in [4.69, 9.17) is 4.74 Å². The van der Waals surface area contributed by atoms with Gasteiger partial charge in [0.05, 0.1) is 12.2 Å². The molecule has 0 bridgehead atoms. The zero-order chi connectivity index (χ0) is 12.0. The Morgan fingerprint density at radius 1 is 1.19 bits per heavy atom. The highest BCUT2D eigenvalue weighted by Crippen LogP contribution is 2.13. The zero-order valence-corrected chi connectivity index (χ0v) is 10.9. The monoisotopic (exact) mass is 227 g/mol. The fraction of sp³-hybridized carbons (Fsp3) is 0.923. The molecule has 2 unspecified atom stereocenters. The Kier molecular flexibility index (Phi) is 5.81. The van der Waals surface area contributed by atoms with Crippen LogP contribution in [0.3, 0.4) is 0 Å². The van der Waals surface area contributed by atoms with Gasteiger partial charge in [0, 0.05) is 19.5 Å². The lowest BCUT2D eigenvalue weighted by Crippen LogP contribution is -2.48. The van der Waals surface area contributed by atoms with E-state index in [1.807, 2.05) is 18.7 Å². The summed E-state index contributed by atoms with van der Waals surface area (Å²) >= 11 is 0. The number of nitrogens with zero attached hydrogens (tertiary/aromatic N) is 1. The van der Waals surface area contributed by atoms with E-state index in [-0.39, 0.29) is 12.2 Å². The van der Waals surface area contributed by atoms with Gasteiger partial charge in [-0.2, -0.15) is 0 Å². The summed E-state index contributed by atoms with van der Waals surface area (Å²) in [6.45, 7) is 7.78. The van der Waals surface area contributed by atoms with Crippen LogP contribution in [0.25, 0.3) is 0 Å². The second-order valence-corrected chi connectivity index (χ2v) is 4.87. The molecular formula is C13H25NO2. The van der Waals surface area contributed by atoms with E-state index in [1.165, 1.54) is 19.3 Å². The first-order valence-electron chi connectivity index (χ1n) is 6.56. The summed E-state index contributed by atoms with van der Waals surface area (Å²) in [5.74, 6) is 0.304. The molecule has 94 valence electrons. The molecule has 1 heterocycles. The Balaban J connectivity index is 2.24. The fourth-order valence-corrected chi connectivity index (χ4v) is 2.24. The minimum atomic E-state index is 0.184. The number of morpholine rings is 1. The maximum atomic E-state index is 11.9. The molecule has 0 radical (unpaired) electrons. The zero-order valence-electron chi connectivity index (χ0n) is 10.9. The molecule has 16 heavy (non-hydrogen) atoms. The summed E-state index contributed by atoms with van der Waals surface area (Å²) in [4.78, 5) is 13.9. The van der Waals surface area contributed by atoms with Gasteiger partial charge in [0.1, 0.15) is 0 Å². The Morgan fingerprint density at radius 3 is 2.38 bits per heavy atom. The van der Waals surface area contributed by atoms with Gasteiger partial charge >= 0.3 is 0 Å². The van der Waals surface area contributed by atoms with Gasteiger partial charge in [0.15, 0.2) is 0 Å². The lowest BCUT2D eigenvalue weighted by Gasteiger charge is -2.35. The molecule has 1 aliphatic rings. The van der Waals surface area contributed by atoms with Gasteiger partial charge in [-0.3, -0.25) is 4.79 Å². The maximum Gasteiger partial charge on any atom is 0.222 e. The van der Waals surface area contributed by atoms with Gasteiger partial charge in [0.25, 0.3) is 0 Å². The van der Waals surface area contributed by atoms with Gasteiger partial charge in [-0.25, -0.2) is 0 Å². The third kappa shape index (κ3) is 4.52. The molecule has 0 saturated carbocycles. The van der Waals surface area contributed by atoms with Crippen molar-refractivity contribution in [3.8, 4) is 0 Å². The Morgan fingerprint density at radius 2 is 1.81 bits per heavy atom. The van der Waals surface area contributed by atoms with E-state index in [0.717, 1.165) is 19.5 Å². The van der Waals surface area contributed by atoms with E-state index in [1.54, 1.807) is 0 Å². The first kappa shape index (κ1) is 13.5. The molecule has 3 nitrogen and oxygen atoms in total. The van der Waals surface area contributed by atoms with E-state index < -0.39 is 0 Å². The van der Waals surface area contributed by atoms with Crippen molar-refractivity contribution in [1.82, 2.24) is 4.90 Å². The van der Waals surface area contributed by atoms with Crippen molar-refractivity contribution in [3.05, 3.63) is 0 Å². The van der Waals surface area contributed by atoms with Gasteiger partial charge in [-0.05, 0) is 20.3 Å². The first-order valence-corrected chi connectivity index (χ1v) is 6.56. The highest BCUT2D eigenvalue weighted by molar-refractivity contribution is 5.76. The Labute approximate surface area is 99.1 Å². The number of hydrogen-bond acceptors (Lipinski definition) is 2. The quantitative estimate of drug-likeness (QED) is 0.676. The number of carbonyl (C=O) groups excluding carboxylic acids is 1. The van der Waals surface area contributed by atoms with Crippen LogP contribution in [0, 0.1) is 0 Å². The smallest absolute Gasteiger partial charge is 0.222 e. The van der Waals surface area contributed by atoms with Crippen LogP contribution in [0.2, 0.25) is 0 Å². The molecule has 1 amide bonds. The third-order valence-corrected chi connectivity index (χ3v) is 3.02. The lowest BCUT2D eigenvalue weighted by atomic mass is 10.1. The number of amides is 1. The van der Waals surface area contributed by atoms with Crippen molar-refractivity contribution in [2.24, 2.45) is 0 Å². The van der Waals surface area contributed by atoms with Crippen molar-refractivity contribution < 1.29 is 9.53 Å². The average molecular weight is 227 g/mol. The van der Waals surface area contributed by atoms with Crippen LogP contribution in [0.15, 0.2) is 0 Å². The van der Waals surface area contributed by atoms with E-state index in [9.17, 15) is 4.79 Å². The molecule has 0 aromatic carbocycles. The first-order chi connectivity index (χ1) is 7.63. The predicted molar refractivity (Wildman–Crippen MR) is 65.3 cm³/mol. The van der Waals surface area contributed by atoms with Crippen LogP contribution in [0.4, 0.5) is 0 Å².